The molecule has 2 rings (SSSR count). The molecule has 6 nitrogen and oxygen atoms in total. The van der Waals surface area contributed by atoms with Crippen LogP contribution < -0.4 is 10.6 Å². The number of hydrogen-bond acceptors (Lipinski definition) is 4. The zero-order valence-corrected chi connectivity index (χ0v) is 17.5. The van der Waals surface area contributed by atoms with Crippen LogP contribution in [0.4, 0.5) is 0 Å². The molecule has 28 heavy (non-hydrogen) atoms. The third-order valence-electron chi connectivity index (χ3n) is 3.92. The van der Waals surface area contributed by atoms with E-state index in [1.165, 1.54) is 11.8 Å². The monoisotopic (exact) mass is 398 g/mol. The Hall–Kier alpha value is -2.80. The van der Waals surface area contributed by atoms with Crippen LogP contribution in [0, 0.1) is 0 Å². The summed E-state index contributed by atoms with van der Waals surface area (Å²) in [6.07, 6.45) is 5.43. The van der Waals surface area contributed by atoms with Gasteiger partial charge in [-0.2, -0.15) is 0 Å². The number of carbonyl (C=O) groups excluding carboxylic acids is 2. The number of carbonyl (C=O) groups is 2. The summed E-state index contributed by atoms with van der Waals surface area (Å²) >= 11 is 1.30. The summed E-state index contributed by atoms with van der Waals surface area (Å²) in [6, 6.07) is 11.2. The molecule has 0 fully saturated rings. The summed E-state index contributed by atoms with van der Waals surface area (Å²) < 4.78 is 1.95. The maximum Gasteiger partial charge on any atom is 0.253 e. The van der Waals surface area contributed by atoms with Crippen molar-refractivity contribution in [1.29, 1.82) is 0 Å². The second-order valence-corrected chi connectivity index (χ2v) is 7.94. The van der Waals surface area contributed by atoms with Crippen molar-refractivity contribution in [3.05, 3.63) is 66.5 Å². The number of aromatic nitrogens is 1. The van der Waals surface area contributed by atoms with Gasteiger partial charge in [0.05, 0.1) is 17.8 Å². The highest BCUT2D eigenvalue weighted by atomic mass is 32.2. The summed E-state index contributed by atoms with van der Waals surface area (Å²) in [6.45, 7) is 9.94. The van der Waals surface area contributed by atoms with Gasteiger partial charge in [0.25, 0.3) is 5.91 Å². The van der Waals surface area contributed by atoms with Gasteiger partial charge in [-0.25, -0.2) is 4.99 Å². The molecule has 2 aromatic rings. The van der Waals surface area contributed by atoms with Gasteiger partial charge in [0, 0.05) is 17.9 Å². The number of nitrogens with zero attached hydrogens (tertiary/aromatic N) is 2. The molecular weight excluding hydrogens is 372 g/mol. The standard InChI is InChI=1S/C21H26N4O2S/c1-15(16-9-7-6-8-10-16)23-20(28-5)24-18(26)13-22-19(27)17-11-12-25(14-17)21(2,3)4/h6-12,14H,1,13H2,2-5H3,(H,22,27)(H,23,24,26). The Morgan fingerprint density at radius 2 is 1.82 bits per heavy atom. The lowest BCUT2D eigenvalue weighted by molar-refractivity contribution is -0.118. The van der Waals surface area contributed by atoms with Crippen LogP contribution in [0.3, 0.4) is 0 Å². The number of benzene rings is 1. The third kappa shape index (κ3) is 6.13. The SMILES string of the molecule is C=C(N=C(NC(=O)CNC(=O)c1ccn(C(C)(C)C)c1)SC)c1ccccc1. The molecule has 0 aliphatic rings. The van der Waals surface area contributed by atoms with E-state index < -0.39 is 0 Å². The van der Waals surface area contributed by atoms with Gasteiger partial charge in [0.2, 0.25) is 5.91 Å². The van der Waals surface area contributed by atoms with Crippen LogP contribution in [0.2, 0.25) is 0 Å². The van der Waals surface area contributed by atoms with E-state index in [0.717, 1.165) is 5.56 Å². The Bertz CT molecular complexity index is 879. The first-order valence-corrected chi connectivity index (χ1v) is 10.1. The molecule has 0 radical (unpaired) electrons. The lowest BCUT2D eigenvalue weighted by Crippen LogP contribution is -2.38. The Kier molecular flexibility index (Phi) is 7.23. The van der Waals surface area contributed by atoms with Crippen molar-refractivity contribution in [2.45, 2.75) is 26.3 Å². The maximum absolute atomic E-state index is 12.3. The molecule has 0 aliphatic carbocycles. The molecule has 7 heteroatoms. The van der Waals surface area contributed by atoms with Crippen molar-refractivity contribution < 1.29 is 9.59 Å². The number of hydrogen-bond donors (Lipinski definition) is 2. The predicted molar refractivity (Wildman–Crippen MR) is 116 cm³/mol. The van der Waals surface area contributed by atoms with E-state index in [4.69, 9.17) is 0 Å². The lowest BCUT2D eigenvalue weighted by atomic mass is 10.1. The number of rotatable bonds is 5. The Balaban J connectivity index is 1.91. The van der Waals surface area contributed by atoms with Crippen molar-refractivity contribution in [2.24, 2.45) is 4.99 Å². The van der Waals surface area contributed by atoms with E-state index in [2.05, 4.69) is 43.0 Å². The molecule has 148 valence electrons. The molecule has 2 amide bonds. The summed E-state index contributed by atoms with van der Waals surface area (Å²) in [5.41, 5.74) is 1.83. The molecule has 0 bridgehead atoms. The van der Waals surface area contributed by atoms with Gasteiger partial charge in [0.15, 0.2) is 5.17 Å². The van der Waals surface area contributed by atoms with Crippen LogP contribution in [-0.2, 0) is 10.3 Å². The molecule has 0 saturated heterocycles. The normalized spacial score (nSPS) is 11.8. The first-order valence-electron chi connectivity index (χ1n) is 8.84. The fraction of sp³-hybridized carbons (Fsp3) is 0.286. The zero-order chi connectivity index (χ0) is 20.7. The van der Waals surface area contributed by atoms with E-state index in [1.807, 2.05) is 47.4 Å². The second-order valence-electron chi connectivity index (χ2n) is 7.14. The number of aliphatic imine (C=N–C) groups is 1. The average molecular weight is 399 g/mol. The van der Waals surface area contributed by atoms with Crippen LogP contribution >= 0.6 is 11.8 Å². The molecule has 1 aromatic carbocycles. The first-order chi connectivity index (χ1) is 13.2. The van der Waals surface area contributed by atoms with Gasteiger partial charge in [-0.1, -0.05) is 48.7 Å². The van der Waals surface area contributed by atoms with Crippen LogP contribution in [0.1, 0.15) is 36.7 Å². The van der Waals surface area contributed by atoms with E-state index in [9.17, 15) is 9.59 Å². The zero-order valence-electron chi connectivity index (χ0n) is 16.7. The van der Waals surface area contributed by atoms with E-state index in [-0.39, 0.29) is 23.9 Å². The quantitative estimate of drug-likeness (QED) is 0.598. The molecule has 0 unspecified atom stereocenters. The molecular formula is C21H26N4O2S. The molecule has 2 N–H and O–H groups in total. The Morgan fingerprint density at radius 1 is 1.14 bits per heavy atom. The van der Waals surface area contributed by atoms with E-state index in [1.54, 1.807) is 12.3 Å². The third-order valence-corrected chi connectivity index (χ3v) is 4.50. The molecule has 0 atom stereocenters. The number of thioether (sulfide) groups is 1. The first kappa shape index (κ1) is 21.5. The lowest BCUT2D eigenvalue weighted by Gasteiger charge is -2.20. The molecule has 0 spiro atoms. The summed E-state index contributed by atoms with van der Waals surface area (Å²) in [7, 11) is 0. The summed E-state index contributed by atoms with van der Waals surface area (Å²) in [4.78, 5) is 28.8. The second kappa shape index (κ2) is 9.41. The highest BCUT2D eigenvalue weighted by molar-refractivity contribution is 8.13. The van der Waals surface area contributed by atoms with Crippen molar-refractivity contribution in [3.8, 4) is 0 Å². The molecule has 0 saturated carbocycles. The van der Waals surface area contributed by atoms with Crippen molar-refractivity contribution in [1.82, 2.24) is 15.2 Å². The average Bonchev–Trinajstić information content (AvgIpc) is 3.17. The minimum absolute atomic E-state index is 0.110. The number of amidine groups is 1. The number of nitrogens with one attached hydrogen (secondary N) is 2. The van der Waals surface area contributed by atoms with Gasteiger partial charge < -0.3 is 15.2 Å². The van der Waals surface area contributed by atoms with Gasteiger partial charge in [0.1, 0.15) is 0 Å². The van der Waals surface area contributed by atoms with Crippen LogP contribution in [-0.4, -0.2) is 34.3 Å². The van der Waals surface area contributed by atoms with Crippen LogP contribution in [0.15, 0.2) is 60.4 Å². The largest absolute Gasteiger partial charge is 0.348 e. The summed E-state index contributed by atoms with van der Waals surface area (Å²) in [5.74, 6) is -0.646. The fourth-order valence-corrected chi connectivity index (χ4v) is 2.73. The van der Waals surface area contributed by atoms with Crippen molar-refractivity contribution in [2.75, 3.05) is 12.8 Å². The number of amides is 2. The Morgan fingerprint density at radius 3 is 2.39 bits per heavy atom. The highest BCUT2D eigenvalue weighted by Crippen LogP contribution is 2.16. The van der Waals surface area contributed by atoms with Crippen molar-refractivity contribution >= 4 is 34.4 Å². The smallest absolute Gasteiger partial charge is 0.253 e. The maximum atomic E-state index is 12.3. The van der Waals surface area contributed by atoms with Gasteiger partial charge in [-0.05, 0) is 38.7 Å². The van der Waals surface area contributed by atoms with Crippen LogP contribution in [0.5, 0.6) is 0 Å². The van der Waals surface area contributed by atoms with Gasteiger partial charge in [-0.3, -0.25) is 9.59 Å². The Labute approximate surface area is 170 Å². The topological polar surface area (TPSA) is 75.5 Å². The minimum Gasteiger partial charge on any atom is -0.348 e. The van der Waals surface area contributed by atoms with E-state index >= 15 is 0 Å². The molecule has 1 heterocycles. The molecule has 1 aromatic heterocycles. The van der Waals surface area contributed by atoms with Crippen molar-refractivity contribution in [3.63, 3.8) is 0 Å². The van der Waals surface area contributed by atoms with Crippen LogP contribution in [0.25, 0.3) is 5.70 Å². The summed E-state index contributed by atoms with van der Waals surface area (Å²) in [5, 5.41) is 5.75. The van der Waals surface area contributed by atoms with Gasteiger partial charge >= 0.3 is 0 Å². The minimum atomic E-state index is -0.349. The van der Waals surface area contributed by atoms with E-state index in [0.29, 0.717) is 16.4 Å². The predicted octanol–water partition coefficient (Wildman–Crippen LogP) is 3.48. The molecule has 0 aliphatic heterocycles. The fourth-order valence-electron chi connectivity index (χ4n) is 2.32. The highest BCUT2D eigenvalue weighted by Gasteiger charge is 2.16. The van der Waals surface area contributed by atoms with Gasteiger partial charge in [-0.15, -0.1) is 0 Å².